The van der Waals surface area contributed by atoms with Crippen LogP contribution < -0.4 is 9.91 Å². The highest BCUT2D eigenvalue weighted by Crippen LogP contribution is 2.38. The number of benzene rings is 2. The Kier molecular flexibility index (Phi) is 4.60. The molecule has 0 bridgehead atoms. The van der Waals surface area contributed by atoms with Gasteiger partial charge in [-0.15, -0.1) is 0 Å². The summed E-state index contributed by atoms with van der Waals surface area (Å²) in [5.41, 5.74) is 0.877. The lowest BCUT2D eigenvalue weighted by Crippen LogP contribution is -2.39. The number of hydrogen-bond donors (Lipinski definition) is 0. The Morgan fingerprint density at radius 3 is 2.46 bits per heavy atom. The molecule has 2 aromatic rings. The summed E-state index contributed by atoms with van der Waals surface area (Å²) in [5.74, 6) is -2.70. The molecule has 0 unspecified atom stereocenters. The molecule has 0 aromatic heterocycles. The van der Waals surface area contributed by atoms with Crippen LogP contribution in [0.5, 0.6) is 0 Å². The van der Waals surface area contributed by atoms with Gasteiger partial charge in [-0.3, -0.25) is 14.6 Å². The van der Waals surface area contributed by atoms with Gasteiger partial charge in [-0.05, 0) is 37.3 Å². The van der Waals surface area contributed by atoms with Crippen molar-refractivity contribution in [3.63, 3.8) is 0 Å². The number of imide groups is 1. The second-order valence-corrected chi connectivity index (χ2v) is 6.74. The van der Waals surface area contributed by atoms with E-state index in [2.05, 4.69) is 5.10 Å². The van der Waals surface area contributed by atoms with Crippen molar-refractivity contribution in [2.75, 3.05) is 16.5 Å². The van der Waals surface area contributed by atoms with E-state index >= 15 is 0 Å². The maximum absolute atomic E-state index is 13.2. The Balaban J connectivity index is 1.80. The SMILES string of the molecule is CCOC(=O)C1=NN(c2cccc(Cl)c2)[C@H]2C(=O)N(c3ccccc3)C(=O)[C@@H]12. The summed E-state index contributed by atoms with van der Waals surface area (Å²) in [6.45, 7) is 1.80. The zero-order valence-corrected chi connectivity index (χ0v) is 15.7. The number of carbonyl (C=O) groups excluding carboxylic acids is 3. The van der Waals surface area contributed by atoms with Crippen molar-refractivity contribution in [2.45, 2.75) is 13.0 Å². The molecule has 2 aromatic carbocycles. The topological polar surface area (TPSA) is 79.3 Å². The number of rotatable bonds is 4. The van der Waals surface area contributed by atoms with E-state index in [1.807, 2.05) is 0 Å². The first kappa shape index (κ1) is 18.2. The summed E-state index contributed by atoms with van der Waals surface area (Å²) in [6, 6.07) is 14.4. The molecular weight excluding hydrogens is 382 g/mol. The Bertz CT molecular complexity index is 992. The number of halogens is 1. The fourth-order valence-corrected chi connectivity index (χ4v) is 3.64. The summed E-state index contributed by atoms with van der Waals surface area (Å²) >= 11 is 6.08. The van der Waals surface area contributed by atoms with E-state index in [0.29, 0.717) is 16.4 Å². The lowest BCUT2D eigenvalue weighted by Gasteiger charge is -2.22. The molecule has 4 rings (SSSR count). The van der Waals surface area contributed by atoms with Gasteiger partial charge in [0.05, 0.1) is 18.0 Å². The highest BCUT2D eigenvalue weighted by atomic mass is 35.5. The summed E-state index contributed by atoms with van der Waals surface area (Å²) in [7, 11) is 0. The Labute approximate surface area is 166 Å². The third kappa shape index (κ3) is 2.84. The van der Waals surface area contributed by atoms with Gasteiger partial charge in [-0.1, -0.05) is 35.9 Å². The van der Waals surface area contributed by atoms with Crippen molar-refractivity contribution in [1.29, 1.82) is 0 Å². The number of ether oxygens (including phenoxy) is 1. The van der Waals surface area contributed by atoms with Crippen LogP contribution in [-0.4, -0.2) is 36.1 Å². The van der Waals surface area contributed by atoms with Crippen LogP contribution in [0.25, 0.3) is 0 Å². The fraction of sp³-hybridized carbons (Fsp3) is 0.200. The number of anilines is 2. The molecule has 28 heavy (non-hydrogen) atoms. The number of nitrogens with zero attached hydrogens (tertiary/aromatic N) is 3. The number of esters is 1. The van der Waals surface area contributed by atoms with Crippen LogP contribution in [-0.2, 0) is 19.1 Å². The molecule has 0 saturated carbocycles. The molecular formula is C20H16ClN3O4. The normalized spacial score (nSPS) is 21.0. The minimum absolute atomic E-state index is 0.0800. The molecule has 7 nitrogen and oxygen atoms in total. The van der Waals surface area contributed by atoms with Gasteiger partial charge in [0.25, 0.3) is 5.91 Å². The molecule has 8 heteroatoms. The summed E-state index contributed by atoms with van der Waals surface area (Å²) < 4.78 is 5.06. The first-order chi connectivity index (χ1) is 13.5. The van der Waals surface area contributed by atoms with Crippen LogP contribution in [0.2, 0.25) is 5.02 Å². The van der Waals surface area contributed by atoms with E-state index < -0.39 is 29.7 Å². The number of fused-ring (bicyclic) bond motifs is 1. The van der Waals surface area contributed by atoms with Crippen LogP contribution in [0.4, 0.5) is 11.4 Å². The van der Waals surface area contributed by atoms with Crippen LogP contribution in [0.15, 0.2) is 59.7 Å². The Morgan fingerprint density at radius 2 is 1.79 bits per heavy atom. The Hall–Kier alpha value is -3.19. The first-order valence-corrected chi connectivity index (χ1v) is 9.14. The molecule has 2 heterocycles. The zero-order chi connectivity index (χ0) is 19.8. The largest absolute Gasteiger partial charge is 0.461 e. The maximum Gasteiger partial charge on any atom is 0.355 e. The highest BCUT2D eigenvalue weighted by Gasteiger charge is 2.59. The van der Waals surface area contributed by atoms with Gasteiger partial charge in [0.2, 0.25) is 5.91 Å². The van der Waals surface area contributed by atoms with E-state index in [1.54, 1.807) is 61.5 Å². The van der Waals surface area contributed by atoms with Crippen molar-refractivity contribution in [3.05, 3.63) is 59.6 Å². The number of carbonyl (C=O) groups is 3. The number of amides is 2. The van der Waals surface area contributed by atoms with Crippen LogP contribution in [0.3, 0.4) is 0 Å². The van der Waals surface area contributed by atoms with Crippen molar-refractivity contribution in [2.24, 2.45) is 11.0 Å². The van der Waals surface area contributed by atoms with E-state index in [4.69, 9.17) is 16.3 Å². The molecule has 142 valence electrons. The van der Waals surface area contributed by atoms with Crippen LogP contribution >= 0.6 is 11.6 Å². The fourth-order valence-electron chi connectivity index (χ4n) is 3.45. The first-order valence-electron chi connectivity index (χ1n) is 8.76. The molecule has 0 spiro atoms. The van der Waals surface area contributed by atoms with Crippen molar-refractivity contribution in [3.8, 4) is 0 Å². The van der Waals surface area contributed by atoms with Gasteiger partial charge >= 0.3 is 5.97 Å². The van der Waals surface area contributed by atoms with Crippen LogP contribution in [0, 0.1) is 5.92 Å². The molecule has 0 N–H and O–H groups in total. The average Bonchev–Trinajstić information content (AvgIpc) is 3.20. The predicted octanol–water partition coefficient (Wildman–Crippen LogP) is 2.64. The van der Waals surface area contributed by atoms with E-state index in [9.17, 15) is 14.4 Å². The van der Waals surface area contributed by atoms with Gasteiger partial charge in [0.15, 0.2) is 5.71 Å². The summed E-state index contributed by atoms with van der Waals surface area (Å²) in [5, 5.41) is 6.11. The van der Waals surface area contributed by atoms with Gasteiger partial charge in [0, 0.05) is 5.02 Å². The minimum Gasteiger partial charge on any atom is -0.461 e. The lowest BCUT2D eigenvalue weighted by molar-refractivity contribution is -0.136. The second kappa shape index (κ2) is 7.09. The number of hydrazone groups is 1. The molecule has 2 aliphatic rings. The summed E-state index contributed by atoms with van der Waals surface area (Å²) in [6.07, 6.45) is 0. The molecule has 2 aliphatic heterocycles. The van der Waals surface area contributed by atoms with Gasteiger partial charge in [0.1, 0.15) is 12.0 Å². The third-order valence-electron chi connectivity index (χ3n) is 4.62. The molecule has 1 fully saturated rings. The smallest absolute Gasteiger partial charge is 0.355 e. The van der Waals surface area contributed by atoms with E-state index in [0.717, 1.165) is 4.90 Å². The minimum atomic E-state index is -1.04. The number of hydrogen-bond acceptors (Lipinski definition) is 6. The lowest BCUT2D eigenvalue weighted by atomic mass is 9.98. The molecule has 0 aliphatic carbocycles. The molecule has 1 saturated heterocycles. The van der Waals surface area contributed by atoms with Crippen LogP contribution in [0.1, 0.15) is 6.92 Å². The van der Waals surface area contributed by atoms with Gasteiger partial charge in [-0.25, -0.2) is 9.69 Å². The van der Waals surface area contributed by atoms with E-state index in [1.165, 1.54) is 5.01 Å². The number of para-hydroxylation sites is 1. The predicted molar refractivity (Wildman–Crippen MR) is 104 cm³/mol. The standard InChI is InChI=1S/C20H16ClN3O4/c1-2-28-20(27)16-15-17(24(22-16)14-10-6-7-12(21)11-14)19(26)23(18(15)25)13-8-4-3-5-9-13/h3-11,15,17H,2H2,1H3/t15-,17+/m0/s1. The van der Waals surface area contributed by atoms with Crippen molar-refractivity contribution < 1.29 is 19.1 Å². The highest BCUT2D eigenvalue weighted by molar-refractivity contribution is 6.47. The molecule has 0 radical (unpaired) electrons. The van der Waals surface area contributed by atoms with Gasteiger partial charge in [-0.2, -0.15) is 5.10 Å². The Morgan fingerprint density at radius 1 is 1.07 bits per heavy atom. The van der Waals surface area contributed by atoms with Crippen molar-refractivity contribution in [1.82, 2.24) is 0 Å². The molecule has 2 atom stereocenters. The maximum atomic E-state index is 13.2. The monoisotopic (exact) mass is 397 g/mol. The second-order valence-electron chi connectivity index (χ2n) is 6.30. The quantitative estimate of drug-likeness (QED) is 0.585. The summed E-state index contributed by atoms with van der Waals surface area (Å²) in [4.78, 5) is 39.9. The van der Waals surface area contributed by atoms with Crippen molar-refractivity contribution >= 4 is 46.5 Å². The average molecular weight is 398 g/mol. The van der Waals surface area contributed by atoms with Gasteiger partial charge < -0.3 is 4.74 Å². The zero-order valence-electron chi connectivity index (χ0n) is 14.9. The van der Waals surface area contributed by atoms with E-state index in [-0.39, 0.29) is 12.3 Å². The third-order valence-corrected chi connectivity index (χ3v) is 4.86. The molecule has 2 amide bonds.